The van der Waals surface area contributed by atoms with E-state index < -0.39 is 0 Å². The molecule has 168 valence electrons. The normalized spacial score (nSPS) is 13.6. The number of rotatable bonds is 7. The van der Waals surface area contributed by atoms with Gasteiger partial charge in [-0.25, -0.2) is 4.90 Å². The summed E-state index contributed by atoms with van der Waals surface area (Å²) in [6.07, 6.45) is 0. The third kappa shape index (κ3) is 4.27. The van der Waals surface area contributed by atoms with Crippen molar-refractivity contribution in [2.45, 2.75) is 27.7 Å². The van der Waals surface area contributed by atoms with Crippen molar-refractivity contribution >= 4 is 34.4 Å². The van der Waals surface area contributed by atoms with E-state index in [4.69, 9.17) is 0 Å². The first-order chi connectivity index (χ1) is 15.9. The third-order valence-corrected chi connectivity index (χ3v) is 6.16. The summed E-state index contributed by atoms with van der Waals surface area (Å²) in [5.41, 5.74) is 6.06. The number of anilines is 3. The van der Waals surface area contributed by atoms with E-state index in [2.05, 4.69) is 24.1 Å². The van der Waals surface area contributed by atoms with Crippen molar-refractivity contribution in [3.8, 4) is 0 Å². The third-order valence-electron chi connectivity index (χ3n) is 6.16. The average molecular weight is 440 g/mol. The van der Waals surface area contributed by atoms with Crippen LogP contribution in [0.3, 0.4) is 0 Å². The van der Waals surface area contributed by atoms with Gasteiger partial charge in [-0.15, -0.1) is 0 Å². The summed E-state index contributed by atoms with van der Waals surface area (Å²) in [4.78, 5) is 30.5. The standard InChI is InChI=1S/C28H29N3O2/c1-5-30(6-2)23-16-14-22(15-17-23)29-26-25(21-13-12-19(3)20(4)18-21)27(32)31(28(26)33)24-10-8-7-9-11-24/h7-18,29H,5-6H2,1-4H3. The highest BCUT2D eigenvalue weighted by Gasteiger charge is 2.40. The minimum Gasteiger partial charge on any atom is -0.372 e. The van der Waals surface area contributed by atoms with Crippen molar-refractivity contribution in [1.82, 2.24) is 0 Å². The number of para-hydroxylation sites is 1. The van der Waals surface area contributed by atoms with E-state index in [1.54, 1.807) is 12.1 Å². The molecule has 4 rings (SSSR count). The van der Waals surface area contributed by atoms with Gasteiger partial charge in [-0.05, 0) is 80.8 Å². The average Bonchev–Trinajstić information content (AvgIpc) is 3.07. The number of carbonyl (C=O) groups is 2. The predicted octanol–water partition coefficient (Wildman–Crippen LogP) is 5.55. The zero-order valence-electron chi connectivity index (χ0n) is 19.6. The first-order valence-corrected chi connectivity index (χ1v) is 11.3. The zero-order valence-corrected chi connectivity index (χ0v) is 19.6. The van der Waals surface area contributed by atoms with Crippen LogP contribution in [0.5, 0.6) is 0 Å². The summed E-state index contributed by atoms with van der Waals surface area (Å²) in [6, 6.07) is 22.9. The molecule has 1 aliphatic heterocycles. The highest BCUT2D eigenvalue weighted by atomic mass is 16.2. The molecule has 0 bridgehead atoms. The van der Waals surface area contributed by atoms with Crippen LogP contribution in [-0.2, 0) is 9.59 Å². The van der Waals surface area contributed by atoms with Gasteiger partial charge in [0.15, 0.2) is 0 Å². The van der Waals surface area contributed by atoms with Crippen molar-refractivity contribution in [3.05, 3.63) is 95.2 Å². The molecule has 2 amide bonds. The van der Waals surface area contributed by atoms with Crippen LogP contribution in [0.15, 0.2) is 78.5 Å². The van der Waals surface area contributed by atoms with Crippen molar-refractivity contribution in [2.75, 3.05) is 28.2 Å². The Kier molecular flexibility index (Phi) is 6.31. The van der Waals surface area contributed by atoms with Crippen LogP contribution < -0.4 is 15.1 Å². The van der Waals surface area contributed by atoms with Crippen LogP contribution in [-0.4, -0.2) is 24.9 Å². The maximum absolute atomic E-state index is 13.5. The van der Waals surface area contributed by atoms with Crippen LogP contribution >= 0.6 is 0 Å². The Bertz CT molecular complexity index is 1210. The van der Waals surface area contributed by atoms with E-state index in [1.165, 1.54) is 4.90 Å². The Morgan fingerprint density at radius 2 is 1.45 bits per heavy atom. The van der Waals surface area contributed by atoms with Gasteiger partial charge in [0, 0.05) is 24.5 Å². The SMILES string of the molecule is CCN(CC)c1ccc(NC2=C(c3ccc(C)c(C)c3)C(=O)N(c3ccccc3)C2=O)cc1. The number of benzene rings is 3. The molecule has 1 aliphatic rings. The smallest absolute Gasteiger partial charge is 0.282 e. The van der Waals surface area contributed by atoms with Gasteiger partial charge in [-0.1, -0.05) is 36.4 Å². The van der Waals surface area contributed by atoms with Crippen LogP contribution in [0.1, 0.15) is 30.5 Å². The Labute approximate surface area is 195 Å². The molecule has 0 aromatic heterocycles. The second-order valence-electron chi connectivity index (χ2n) is 8.17. The fourth-order valence-electron chi connectivity index (χ4n) is 4.11. The number of nitrogens with one attached hydrogen (secondary N) is 1. The number of hydrogen-bond donors (Lipinski definition) is 1. The number of amides is 2. The Morgan fingerprint density at radius 1 is 0.788 bits per heavy atom. The van der Waals surface area contributed by atoms with E-state index in [0.717, 1.165) is 41.2 Å². The molecular weight excluding hydrogens is 410 g/mol. The van der Waals surface area contributed by atoms with Gasteiger partial charge in [0.05, 0.1) is 11.3 Å². The maximum atomic E-state index is 13.5. The molecule has 0 atom stereocenters. The predicted molar refractivity (Wildman–Crippen MR) is 135 cm³/mol. The molecular formula is C28H29N3O2. The molecule has 5 nitrogen and oxygen atoms in total. The summed E-state index contributed by atoms with van der Waals surface area (Å²) in [5.74, 6) is -0.677. The van der Waals surface area contributed by atoms with Crippen molar-refractivity contribution in [2.24, 2.45) is 0 Å². The van der Waals surface area contributed by atoms with E-state index in [0.29, 0.717) is 17.0 Å². The van der Waals surface area contributed by atoms with Crippen LogP contribution in [0.4, 0.5) is 17.1 Å². The zero-order chi connectivity index (χ0) is 23.5. The molecule has 3 aromatic carbocycles. The summed E-state index contributed by atoms with van der Waals surface area (Å²) in [7, 11) is 0. The molecule has 0 fully saturated rings. The van der Waals surface area contributed by atoms with Crippen LogP contribution in [0.25, 0.3) is 5.57 Å². The highest BCUT2D eigenvalue weighted by Crippen LogP contribution is 2.34. The topological polar surface area (TPSA) is 52.7 Å². The quantitative estimate of drug-likeness (QED) is 0.491. The molecule has 0 unspecified atom stereocenters. The first kappa shape index (κ1) is 22.3. The lowest BCUT2D eigenvalue weighted by Crippen LogP contribution is -2.32. The largest absolute Gasteiger partial charge is 0.372 e. The molecule has 0 radical (unpaired) electrons. The Hall–Kier alpha value is -3.86. The molecule has 1 heterocycles. The molecule has 0 saturated heterocycles. The van der Waals surface area contributed by atoms with E-state index in [-0.39, 0.29) is 11.8 Å². The van der Waals surface area contributed by atoms with Crippen molar-refractivity contribution < 1.29 is 9.59 Å². The van der Waals surface area contributed by atoms with Gasteiger partial charge in [0.1, 0.15) is 5.70 Å². The van der Waals surface area contributed by atoms with E-state index >= 15 is 0 Å². The minimum atomic E-state index is -0.354. The summed E-state index contributed by atoms with van der Waals surface area (Å²) < 4.78 is 0. The Morgan fingerprint density at radius 3 is 2.06 bits per heavy atom. The van der Waals surface area contributed by atoms with Crippen molar-refractivity contribution in [1.29, 1.82) is 0 Å². The van der Waals surface area contributed by atoms with Crippen LogP contribution in [0, 0.1) is 13.8 Å². The fraction of sp³-hybridized carbons (Fsp3) is 0.214. The summed E-state index contributed by atoms with van der Waals surface area (Å²) in [6.45, 7) is 10.1. The van der Waals surface area contributed by atoms with E-state index in [1.807, 2.05) is 74.5 Å². The second kappa shape index (κ2) is 9.33. The number of imide groups is 1. The lowest BCUT2D eigenvalue weighted by atomic mass is 9.99. The molecule has 33 heavy (non-hydrogen) atoms. The minimum absolute atomic E-state index is 0.294. The van der Waals surface area contributed by atoms with Gasteiger partial charge in [0.2, 0.25) is 0 Å². The van der Waals surface area contributed by atoms with Crippen LogP contribution in [0.2, 0.25) is 0 Å². The van der Waals surface area contributed by atoms with Crippen molar-refractivity contribution in [3.63, 3.8) is 0 Å². The molecule has 0 saturated carbocycles. The van der Waals surface area contributed by atoms with Gasteiger partial charge >= 0.3 is 0 Å². The maximum Gasteiger partial charge on any atom is 0.282 e. The number of carbonyl (C=O) groups excluding carboxylic acids is 2. The lowest BCUT2D eigenvalue weighted by Gasteiger charge is -2.21. The number of hydrogen-bond acceptors (Lipinski definition) is 4. The highest BCUT2D eigenvalue weighted by molar-refractivity contribution is 6.46. The first-order valence-electron chi connectivity index (χ1n) is 11.3. The lowest BCUT2D eigenvalue weighted by molar-refractivity contribution is -0.120. The molecule has 3 aromatic rings. The molecule has 1 N–H and O–H groups in total. The van der Waals surface area contributed by atoms with Gasteiger partial charge in [-0.3, -0.25) is 9.59 Å². The van der Waals surface area contributed by atoms with Gasteiger partial charge in [-0.2, -0.15) is 0 Å². The second-order valence-corrected chi connectivity index (χ2v) is 8.17. The Balaban J connectivity index is 1.76. The fourth-order valence-corrected chi connectivity index (χ4v) is 4.11. The molecule has 5 heteroatoms. The monoisotopic (exact) mass is 439 g/mol. The molecule has 0 aliphatic carbocycles. The summed E-state index contributed by atoms with van der Waals surface area (Å²) in [5, 5.41) is 3.25. The number of nitrogens with zero attached hydrogens (tertiary/aromatic N) is 2. The van der Waals surface area contributed by atoms with E-state index in [9.17, 15) is 9.59 Å². The van der Waals surface area contributed by atoms with Gasteiger partial charge < -0.3 is 10.2 Å². The molecule has 0 spiro atoms. The number of aryl methyl sites for hydroxylation is 2. The van der Waals surface area contributed by atoms with Gasteiger partial charge in [0.25, 0.3) is 11.8 Å². The summed E-state index contributed by atoms with van der Waals surface area (Å²) >= 11 is 0.